The molecule has 3 rings (SSSR count). The smallest absolute Gasteiger partial charge is 0.203 e. The summed E-state index contributed by atoms with van der Waals surface area (Å²) in [5.74, 6) is 1.44. The summed E-state index contributed by atoms with van der Waals surface area (Å²) in [5.41, 5.74) is 2.14. The summed E-state index contributed by atoms with van der Waals surface area (Å²) in [6, 6.07) is 3.32. The van der Waals surface area contributed by atoms with Crippen LogP contribution >= 0.6 is 0 Å². The molecule has 0 atom stereocenters. The Labute approximate surface area is 126 Å². The maximum absolute atomic E-state index is 9.79. The van der Waals surface area contributed by atoms with Crippen molar-refractivity contribution < 1.29 is 14.6 Å². The molecule has 3 aromatic rings. The zero-order valence-corrected chi connectivity index (χ0v) is 12.1. The van der Waals surface area contributed by atoms with E-state index in [4.69, 9.17) is 9.47 Å². The first-order chi connectivity index (χ1) is 10.7. The van der Waals surface area contributed by atoms with Gasteiger partial charge in [-0.1, -0.05) is 0 Å². The molecular weight excluding hydrogens is 286 g/mol. The third kappa shape index (κ3) is 2.34. The van der Waals surface area contributed by atoms with Crippen molar-refractivity contribution in [3.8, 4) is 17.2 Å². The van der Waals surface area contributed by atoms with Gasteiger partial charge in [-0.2, -0.15) is 0 Å². The number of nitrogens with zero attached hydrogens (tertiary/aromatic N) is 3. The standard InChI is InChI=1S/C14H15N5O3/c1-21-11-8(3-4-9(20)12(11)22-2)5-15-13-10-14(17-6-16-10)19-7-18-13/h3-4,6-7,20H,5H2,1-2H3,(H2,15,16,17,18,19). The average molecular weight is 301 g/mol. The van der Waals surface area contributed by atoms with Gasteiger partial charge in [0.1, 0.15) is 11.8 Å². The Hall–Kier alpha value is -3.03. The first-order valence-corrected chi connectivity index (χ1v) is 6.55. The topological polar surface area (TPSA) is 105 Å². The van der Waals surface area contributed by atoms with Gasteiger partial charge in [-0.05, 0) is 12.1 Å². The van der Waals surface area contributed by atoms with Gasteiger partial charge in [0.15, 0.2) is 23.0 Å². The second-order valence-corrected chi connectivity index (χ2v) is 4.49. The number of ether oxygens (including phenoxy) is 2. The molecule has 2 aromatic heterocycles. The van der Waals surface area contributed by atoms with Crippen LogP contribution in [-0.2, 0) is 6.54 Å². The van der Waals surface area contributed by atoms with E-state index in [1.807, 2.05) is 0 Å². The molecule has 0 radical (unpaired) electrons. The number of rotatable bonds is 5. The number of aromatic hydroxyl groups is 1. The van der Waals surface area contributed by atoms with Crippen LogP contribution in [0.2, 0.25) is 0 Å². The summed E-state index contributed by atoms with van der Waals surface area (Å²) >= 11 is 0. The quantitative estimate of drug-likeness (QED) is 0.658. The Morgan fingerprint density at radius 3 is 2.73 bits per heavy atom. The molecule has 0 bridgehead atoms. The lowest BCUT2D eigenvalue weighted by molar-refractivity contribution is 0.331. The highest BCUT2D eigenvalue weighted by Crippen LogP contribution is 2.39. The zero-order chi connectivity index (χ0) is 15.5. The predicted molar refractivity (Wildman–Crippen MR) is 80.2 cm³/mol. The van der Waals surface area contributed by atoms with Gasteiger partial charge >= 0.3 is 0 Å². The third-order valence-electron chi connectivity index (χ3n) is 3.25. The van der Waals surface area contributed by atoms with Gasteiger partial charge in [0.2, 0.25) is 5.75 Å². The van der Waals surface area contributed by atoms with Crippen LogP contribution in [-0.4, -0.2) is 39.3 Å². The van der Waals surface area contributed by atoms with E-state index in [0.717, 1.165) is 11.1 Å². The molecule has 8 nitrogen and oxygen atoms in total. The van der Waals surface area contributed by atoms with Crippen molar-refractivity contribution in [1.82, 2.24) is 19.9 Å². The van der Waals surface area contributed by atoms with Crippen LogP contribution in [0.25, 0.3) is 11.2 Å². The number of phenols is 1. The number of fused-ring (bicyclic) bond motifs is 1. The van der Waals surface area contributed by atoms with E-state index in [1.165, 1.54) is 20.5 Å². The molecule has 0 spiro atoms. The van der Waals surface area contributed by atoms with Gasteiger partial charge in [0, 0.05) is 12.1 Å². The SMILES string of the molecule is COc1c(O)ccc(CNc2ncnc3nc[nH]c23)c1OC. The van der Waals surface area contributed by atoms with Gasteiger partial charge < -0.3 is 24.9 Å². The highest BCUT2D eigenvalue weighted by Gasteiger charge is 2.15. The maximum atomic E-state index is 9.79. The van der Waals surface area contributed by atoms with Gasteiger partial charge in [-0.25, -0.2) is 15.0 Å². The Kier molecular flexibility index (Phi) is 3.65. The van der Waals surface area contributed by atoms with Gasteiger partial charge in [0.05, 0.1) is 20.5 Å². The van der Waals surface area contributed by atoms with Gasteiger partial charge in [-0.3, -0.25) is 0 Å². The summed E-state index contributed by atoms with van der Waals surface area (Å²) in [6.07, 6.45) is 3.01. The molecule has 0 saturated carbocycles. The van der Waals surface area contributed by atoms with E-state index in [9.17, 15) is 5.11 Å². The fourth-order valence-corrected chi connectivity index (χ4v) is 2.23. The van der Waals surface area contributed by atoms with E-state index in [-0.39, 0.29) is 5.75 Å². The number of hydrogen-bond acceptors (Lipinski definition) is 7. The first kappa shape index (κ1) is 13.9. The Balaban J connectivity index is 1.89. The molecule has 1 aromatic carbocycles. The van der Waals surface area contributed by atoms with Crippen molar-refractivity contribution in [2.24, 2.45) is 0 Å². The van der Waals surface area contributed by atoms with Crippen LogP contribution in [0.3, 0.4) is 0 Å². The fourth-order valence-electron chi connectivity index (χ4n) is 2.23. The number of aromatic amines is 1. The zero-order valence-electron chi connectivity index (χ0n) is 12.1. The van der Waals surface area contributed by atoms with E-state index >= 15 is 0 Å². The molecule has 0 aliphatic rings. The van der Waals surface area contributed by atoms with Crippen molar-refractivity contribution in [1.29, 1.82) is 0 Å². The molecule has 22 heavy (non-hydrogen) atoms. The highest BCUT2D eigenvalue weighted by molar-refractivity contribution is 5.81. The lowest BCUT2D eigenvalue weighted by Gasteiger charge is -2.14. The Bertz CT molecular complexity index is 802. The second-order valence-electron chi connectivity index (χ2n) is 4.49. The first-order valence-electron chi connectivity index (χ1n) is 6.55. The number of anilines is 1. The summed E-state index contributed by atoms with van der Waals surface area (Å²) in [5, 5.41) is 13.0. The predicted octanol–water partition coefficient (Wildman–Crippen LogP) is 1.69. The molecule has 0 amide bonds. The van der Waals surface area contributed by atoms with Gasteiger partial charge in [0.25, 0.3) is 0 Å². The van der Waals surface area contributed by atoms with E-state index in [2.05, 4.69) is 25.3 Å². The number of hydrogen-bond donors (Lipinski definition) is 3. The number of methoxy groups -OCH3 is 2. The number of aromatic nitrogens is 4. The van der Waals surface area contributed by atoms with Crippen LogP contribution in [0.1, 0.15) is 5.56 Å². The summed E-state index contributed by atoms with van der Waals surface area (Å²) in [7, 11) is 3.01. The summed E-state index contributed by atoms with van der Waals surface area (Å²) in [6.45, 7) is 0.435. The normalized spacial score (nSPS) is 10.6. The number of benzene rings is 1. The fraction of sp³-hybridized carbons (Fsp3) is 0.214. The largest absolute Gasteiger partial charge is 0.504 e. The van der Waals surface area contributed by atoms with Crippen LogP contribution in [0.15, 0.2) is 24.8 Å². The molecule has 2 heterocycles. The van der Waals surface area contributed by atoms with Crippen molar-refractivity contribution >= 4 is 17.0 Å². The number of nitrogens with one attached hydrogen (secondary N) is 2. The number of phenolic OH excluding ortho intramolecular Hbond substituents is 1. The Morgan fingerprint density at radius 1 is 1.14 bits per heavy atom. The van der Waals surface area contributed by atoms with Crippen LogP contribution in [0.5, 0.6) is 17.2 Å². The van der Waals surface area contributed by atoms with Crippen LogP contribution in [0.4, 0.5) is 5.82 Å². The summed E-state index contributed by atoms with van der Waals surface area (Å²) in [4.78, 5) is 15.3. The van der Waals surface area contributed by atoms with E-state index in [1.54, 1.807) is 18.5 Å². The molecule has 8 heteroatoms. The lowest BCUT2D eigenvalue weighted by atomic mass is 10.1. The Morgan fingerprint density at radius 2 is 1.95 bits per heavy atom. The molecular formula is C14H15N5O3. The van der Waals surface area contributed by atoms with Crippen molar-refractivity contribution in [2.75, 3.05) is 19.5 Å². The van der Waals surface area contributed by atoms with Crippen molar-refractivity contribution in [3.05, 3.63) is 30.4 Å². The van der Waals surface area contributed by atoms with Crippen LogP contribution in [0, 0.1) is 0 Å². The maximum Gasteiger partial charge on any atom is 0.203 e. The molecule has 114 valence electrons. The molecule has 0 unspecified atom stereocenters. The van der Waals surface area contributed by atoms with Gasteiger partial charge in [-0.15, -0.1) is 0 Å². The monoisotopic (exact) mass is 301 g/mol. The number of H-pyrrole nitrogens is 1. The van der Waals surface area contributed by atoms with E-state index in [0.29, 0.717) is 29.5 Å². The summed E-state index contributed by atoms with van der Waals surface area (Å²) < 4.78 is 10.5. The third-order valence-corrected chi connectivity index (χ3v) is 3.25. The molecule has 0 aliphatic carbocycles. The second kappa shape index (κ2) is 5.76. The molecule has 0 aliphatic heterocycles. The average Bonchev–Trinajstić information content (AvgIpc) is 3.02. The minimum atomic E-state index is 0.0288. The van der Waals surface area contributed by atoms with Crippen molar-refractivity contribution in [2.45, 2.75) is 6.54 Å². The van der Waals surface area contributed by atoms with E-state index < -0.39 is 0 Å². The van der Waals surface area contributed by atoms with Crippen LogP contribution < -0.4 is 14.8 Å². The highest BCUT2D eigenvalue weighted by atomic mass is 16.5. The molecule has 3 N–H and O–H groups in total. The minimum absolute atomic E-state index is 0.0288. The minimum Gasteiger partial charge on any atom is -0.504 e. The number of imidazole rings is 1. The molecule has 0 fully saturated rings. The van der Waals surface area contributed by atoms with Crippen molar-refractivity contribution in [3.63, 3.8) is 0 Å². The lowest BCUT2D eigenvalue weighted by Crippen LogP contribution is -2.05. The molecule has 0 saturated heterocycles.